The Morgan fingerprint density at radius 1 is 1.33 bits per heavy atom. The first kappa shape index (κ1) is 15.0. The van der Waals surface area contributed by atoms with Gasteiger partial charge in [-0.25, -0.2) is 4.39 Å². The number of nitrogens with zero attached hydrogens (tertiary/aromatic N) is 1. The Morgan fingerprint density at radius 3 is 2.81 bits per heavy atom. The lowest BCUT2D eigenvalue weighted by atomic mass is 10.2. The fourth-order valence-corrected chi connectivity index (χ4v) is 3.30. The average molecular weight is 479 g/mol. The molecule has 0 spiro atoms. The molecule has 0 aliphatic heterocycles. The van der Waals surface area contributed by atoms with Crippen molar-refractivity contribution in [3.05, 3.63) is 49.0 Å². The quantitative estimate of drug-likeness (QED) is 0.405. The van der Waals surface area contributed by atoms with E-state index in [4.69, 9.17) is 17.0 Å². The monoisotopic (exact) mass is 478 g/mol. The SMILES string of the molecule is COc1ccc(Br)cc1-n1c(=S)[nH]c2cc(I)c(F)cc21. The third kappa shape index (κ3) is 2.62. The molecule has 7 heteroatoms. The lowest BCUT2D eigenvalue weighted by molar-refractivity contribution is 0.413. The minimum absolute atomic E-state index is 0.278. The maximum Gasteiger partial charge on any atom is 0.182 e. The summed E-state index contributed by atoms with van der Waals surface area (Å²) in [4.78, 5) is 3.10. The maximum atomic E-state index is 13.9. The lowest BCUT2D eigenvalue weighted by Crippen LogP contribution is -1.98. The van der Waals surface area contributed by atoms with Crippen LogP contribution in [0.25, 0.3) is 16.7 Å². The molecule has 0 amide bonds. The summed E-state index contributed by atoms with van der Waals surface area (Å²) in [5.41, 5.74) is 2.21. The van der Waals surface area contributed by atoms with Crippen LogP contribution in [0, 0.1) is 14.2 Å². The molecule has 0 saturated carbocycles. The Labute approximate surface area is 147 Å². The zero-order chi connectivity index (χ0) is 15.1. The predicted octanol–water partition coefficient (Wildman–Crippen LogP) is 5.20. The van der Waals surface area contributed by atoms with Crippen LogP contribution in [0.5, 0.6) is 5.75 Å². The normalized spacial score (nSPS) is 11.0. The van der Waals surface area contributed by atoms with Crippen molar-refractivity contribution in [2.45, 2.75) is 0 Å². The summed E-state index contributed by atoms with van der Waals surface area (Å²) in [7, 11) is 1.59. The van der Waals surface area contributed by atoms with Gasteiger partial charge in [-0.05, 0) is 59.1 Å². The van der Waals surface area contributed by atoms with Gasteiger partial charge in [-0.2, -0.15) is 0 Å². The number of fused-ring (bicyclic) bond motifs is 1. The van der Waals surface area contributed by atoms with Crippen LogP contribution in [-0.4, -0.2) is 16.7 Å². The summed E-state index contributed by atoms with van der Waals surface area (Å²) in [5, 5.41) is 0. The van der Waals surface area contributed by atoms with Crippen LogP contribution in [0.2, 0.25) is 0 Å². The van der Waals surface area contributed by atoms with Crippen LogP contribution in [0.4, 0.5) is 4.39 Å². The third-order valence-corrected chi connectivity index (χ3v) is 4.71. The molecule has 0 unspecified atom stereocenters. The molecule has 0 aliphatic carbocycles. The average Bonchev–Trinajstić information content (AvgIpc) is 2.74. The van der Waals surface area contributed by atoms with Crippen molar-refractivity contribution in [3.8, 4) is 11.4 Å². The van der Waals surface area contributed by atoms with E-state index < -0.39 is 0 Å². The van der Waals surface area contributed by atoms with Crippen LogP contribution in [0.15, 0.2) is 34.8 Å². The van der Waals surface area contributed by atoms with E-state index in [-0.39, 0.29) is 5.82 Å². The minimum Gasteiger partial charge on any atom is -0.495 e. The molecule has 108 valence electrons. The van der Waals surface area contributed by atoms with Gasteiger partial charge in [0.15, 0.2) is 4.77 Å². The van der Waals surface area contributed by atoms with E-state index >= 15 is 0 Å². The van der Waals surface area contributed by atoms with Crippen molar-refractivity contribution in [1.29, 1.82) is 0 Å². The van der Waals surface area contributed by atoms with Gasteiger partial charge in [0.05, 0.1) is 27.4 Å². The van der Waals surface area contributed by atoms with Crippen LogP contribution in [0.1, 0.15) is 0 Å². The highest BCUT2D eigenvalue weighted by molar-refractivity contribution is 14.1. The number of hydrogen-bond donors (Lipinski definition) is 1. The molecule has 2 aromatic carbocycles. The highest BCUT2D eigenvalue weighted by Gasteiger charge is 2.14. The lowest BCUT2D eigenvalue weighted by Gasteiger charge is -2.11. The van der Waals surface area contributed by atoms with E-state index in [0.29, 0.717) is 19.6 Å². The number of H-pyrrole nitrogens is 1. The molecule has 21 heavy (non-hydrogen) atoms. The first-order chi connectivity index (χ1) is 10.0. The van der Waals surface area contributed by atoms with E-state index in [0.717, 1.165) is 15.7 Å². The molecule has 3 nitrogen and oxygen atoms in total. The Morgan fingerprint density at radius 2 is 2.10 bits per heavy atom. The van der Waals surface area contributed by atoms with Crippen LogP contribution < -0.4 is 4.74 Å². The standard InChI is InChI=1S/C14H9BrFIN2OS/c1-20-13-3-2-7(15)4-12(13)19-11-5-8(16)9(17)6-10(11)18-14(19)21/h2-6H,1H3,(H,18,21). The number of nitrogens with one attached hydrogen (secondary N) is 1. The van der Waals surface area contributed by atoms with Crippen LogP contribution in [0.3, 0.4) is 0 Å². The molecule has 3 aromatic rings. The van der Waals surface area contributed by atoms with Crippen molar-refractivity contribution in [1.82, 2.24) is 9.55 Å². The van der Waals surface area contributed by atoms with E-state index in [9.17, 15) is 4.39 Å². The van der Waals surface area contributed by atoms with Crippen molar-refractivity contribution in [2.75, 3.05) is 7.11 Å². The summed E-state index contributed by atoms with van der Waals surface area (Å²) in [6, 6.07) is 8.82. The number of methoxy groups -OCH3 is 1. The number of rotatable bonds is 2. The van der Waals surface area contributed by atoms with E-state index in [1.165, 1.54) is 6.07 Å². The smallest absolute Gasteiger partial charge is 0.182 e. The van der Waals surface area contributed by atoms with Crippen molar-refractivity contribution >= 4 is 61.8 Å². The van der Waals surface area contributed by atoms with Gasteiger partial charge in [0.2, 0.25) is 0 Å². The van der Waals surface area contributed by atoms with Crippen LogP contribution >= 0.6 is 50.7 Å². The fourth-order valence-electron chi connectivity index (χ4n) is 2.18. The predicted molar refractivity (Wildman–Crippen MR) is 95.4 cm³/mol. The summed E-state index contributed by atoms with van der Waals surface area (Å²) >= 11 is 10.8. The van der Waals surface area contributed by atoms with Gasteiger partial charge in [0.1, 0.15) is 11.6 Å². The Balaban J connectivity index is 2.40. The highest BCUT2D eigenvalue weighted by atomic mass is 127. The van der Waals surface area contributed by atoms with Crippen LogP contribution in [-0.2, 0) is 0 Å². The summed E-state index contributed by atoms with van der Waals surface area (Å²) in [6.07, 6.45) is 0. The topological polar surface area (TPSA) is 29.9 Å². The van der Waals surface area contributed by atoms with Gasteiger partial charge in [-0.15, -0.1) is 0 Å². The number of ether oxygens (including phenoxy) is 1. The second kappa shape index (κ2) is 5.69. The largest absolute Gasteiger partial charge is 0.495 e. The molecule has 0 aliphatic rings. The number of aromatic amines is 1. The minimum atomic E-state index is -0.278. The molecular formula is C14H9BrFIN2OS. The van der Waals surface area contributed by atoms with Crippen molar-refractivity contribution in [2.24, 2.45) is 0 Å². The summed E-state index contributed by atoms with van der Waals surface area (Å²) in [6.45, 7) is 0. The van der Waals surface area contributed by atoms with E-state index in [1.807, 2.05) is 40.8 Å². The number of halogens is 3. The molecular weight excluding hydrogens is 470 g/mol. The van der Waals surface area contributed by atoms with E-state index in [1.54, 1.807) is 17.7 Å². The number of aromatic nitrogens is 2. The van der Waals surface area contributed by atoms with Gasteiger partial charge in [0.25, 0.3) is 0 Å². The zero-order valence-electron chi connectivity index (χ0n) is 10.8. The Kier molecular flexibility index (Phi) is 4.06. The van der Waals surface area contributed by atoms with Gasteiger partial charge in [-0.3, -0.25) is 4.57 Å². The maximum absolute atomic E-state index is 13.9. The molecule has 0 bridgehead atoms. The molecule has 1 aromatic heterocycles. The Hall–Kier alpha value is -0.930. The molecule has 0 atom stereocenters. The van der Waals surface area contributed by atoms with Gasteiger partial charge < -0.3 is 9.72 Å². The second-order valence-corrected chi connectivity index (χ2v) is 6.83. The van der Waals surface area contributed by atoms with Gasteiger partial charge >= 0.3 is 0 Å². The van der Waals surface area contributed by atoms with Gasteiger partial charge in [-0.1, -0.05) is 15.9 Å². The number of hydrogen-bond acceptors (Lipinski definition) is 2. The second-order valence-electron chi connectivity index (χ2n) is 4.37. The fraction of sp³-hybridized carbons (Fsp3) is 0.0714. The summed E-state index contributed by atoms with van der Waals surface area (Å²) in [5.74, 6) is 0.383. The highest BCUT2D eigenvalue weighted by Crippen LogP contribution is 2.31. The first-order valence-electron chi connectivity index (χ1n) is 5.95. The van der Waals surface area contributed by atoms with Crippen molar-refractivity contribution < 1.29 is 9.13 Å². The summed E-state index contributed by atoms with van der Waals surface area (Å²) < 4.78 is 23.0. The first-order valence-corrected chi connectivity index (χ1v) is 8.23. The van der Waals surface area contributed by atoms with Gasteiger partial charge in [0, 0.05) is 10.5 Å². The molecule has 3 rings (SSSR count). The number of benzene rings is 2. The third-order valence-electron chi connectivity index (χ3n) is 3.11. The number of imidazole rings is 1. The molecule has 1 N–H and O–H groups in total. The Bertz CT molecular complexity index is 906. The molecule has 0 fully saturated rings. The van der Waals surface area contributed by atoms with Crippen molar-refractivity contribution in [3.63, 3.8) is 0 Å². The molecule has 0 saturated heterocycles. The molecule has 0 radical (unpaired) electrons. The molecule has 1 heterocycles. The van der Waals surface area contributed by atoms with E-state index in [2.05, 4.69) is 20.9 Å². The zero-order valence-corrected chi connectivity index (χ0v) is 15.3.